The third-order valence-electron chi connectivity index (χ3n) is 3.74. The van der Waals surface area contributed by atoms with E-state index in [9.17, 15) is 0 Å². The minimum absolute atomic E-state index is 0.633. The van der Waals surface area contributed by atoms with Crippen LogP contribution in [0.4, 0.5) is 0 Å². The van der Waals surface area contributed by atoms with Crippen molar-refractivity contribution in [3.63, 3.8) is 0 Å². The van der Waals surface area contributed by atoms with Gasteiger partial charge in [0.15, 0.2) is 0 Å². The summed E-state index contributed by atoms with van der Waals surface area (Å²) in [4.78, 5) is 0. The van der Waals surface area contributed by atoms with Crippen molar-refractivity contribution >= 4 is 15.9 Å². The molecule has 0 aromatic rings. The van der Waals surface area contributed by atoms with E-state index in [4.69, 9.17) is 0 Å². The molecule has 1 rings (SSSR count). The molecule has 0 heterocycles. The lowest BCUT2D eigenvalue weighted by atomic mass is 9.56. The number of halogens is 1. The number of rotatable bonds is 3. The maximum absolute atomic E-state index is 3.68. The fourth-order valence-corrected chi connectivity index (χ4v) is 3.61. The topological polar surface area (TPSA) is 0 Å². The first-order valence-corrected chi connectivity index (χ1v) is 6.20. The smallest absolute Gasteiger partial charge is 0.00908 e. The van der Waals surface area contributed by atoms with Crippen molar-refractivity contribution < 1.29 is 0 Å². The van der Waals surface area contributed by atoms with E-state index in [-0.39, 0.29) is 0 Å². The highest BCUT2D eigenvalue weighted by atomic mass is 79.9. The molecule has 1 unspecified atom stereocenters. The molecule has 0 aliphatic heterocycles. The fraction of sp³-hybridized carbons (Fsp3) is 1.00. The second kappa shape index (κ2) is 3.69. The lowest BCUT2D eigenvalue weighted by Gasteiger charge is -2.51. The molecule has 0 aromatic carbocycles. The Hall–Kier alpha value is 0.480. The zero-order valence-corrected chi connectivity index (χ0v) is 10.3. The Morgan fingerprint density at radius 1 is 1.33 bits per heavy atom. The van der Waals surface area contributed by atoms with E-state index in [0.29, 0.717) is 5.41 Å². The number of hydrogen-bond acceptors (Lipinski definition) is 0. The molecule has 1 heteroatoms. The summed E-state index contributed by atoms with van der Waals surface area (Å²) >= 11 is 3.68. The molecular weight excluding hydrogens is 212 g/mol. The van der Waals surface area contributed by atoms with Crippen molar-refractivity contribution in [2.24, 2.45) is 23.2 Å². The van der Waals surface area contributed by atoms with Gasteiger partial charge in [-0.25, -0.2) is 0 Å². The van der Waals surface area contributed by atoms with Gasteiger partial charge in [0.25, 0.3) is 0 Å². The molecule has 1 fully saturated rings. The SMILES string of the molecule is CC1CC(CBr)(C(C)C(C)C)C1. The molecular formula is C11H21Br. The van der Waals surface area contributed by atoms with Gasteiger partial charge < -0.3 is 0 Å². The average molecular weight is 233 g/mol. The first-order valence-electron chi connectivity index (χ1n) is 5.08. The predicted octanol–water partition coefficient (Wildman–Crippen LogP) is 4.09. The number of alkyl halides is 1. The van der Waals surface area contributed by atoms with E-state index in [1.807, 2.05) is 0 Å². The largest absolute Gasteiger partial charge is 0.0922 e. The lowest BCUT2D eigenvalue weighted by Crippen LogP contribution is -2.44. The normalized spacial score (nSPS) is 38.0. The summed E-state index contributed by atoms with van der Waals surface area (Å²) in [6.07, 6.45) is 2.86. The third-order valence-corrected chi connectivity index (χ3v) is 4.86. The molecule has 0 radical (unpaired) electrons. The summed E-state index contributed by atoms with van der Waals surface area (Å²) in [5, 5.41) is 1.20. The van der Waals surface area contributed by atoms with Crippen LogP contribution in [-0.4, -0.2) is 5.33 Å². The van der Waals surface area contributed by atoms with Gasteiger partial charge in [-0.2, -0.15) is 0 Å². The van der Waals surface area contributed by atoms with Gasteiger partial charge in [0.2, 0.25) is 0 Å². The highest BCUT2D eigenvalue weighted by Crippen LogP contribution is 2.53. The zero-order chi connectivity index (χ0) is 9.35. The molecule has 0 amide bonds. The molecule has 0 nitrogen and oxygen atoms in total. The summed E-state index contributed by atoms with van der Waals surface area (Å²) in [5.74, 6) is 2.66. The van der Waals surface area contributed by atoms with Crippen molar-refractivity contribution in [2.45, 2.75) is 40.5 Å². The van der Waals surface area contributed by atoms with Gasteiger partial charge >= 0.3 is 0 Å². The predicted molar refractivity (Wildman–Crippen MR) is 58.6 cm³/mol. The molecule has 0 aromatic heterocycles. The second-order valence-electron chi connectivity index (χ2n) is 5.04. The van der Waals surface area contributed by atoms with E-state index in [1.165, 1.54) is 18.2 Å². The van der Waals surface area contributed by atoms with E-state index in [2.05, 4.69) is 43.6 Å². The average Bonchev–Trinajstić information content (AvgIpc) is 1.96. The Morgan fingerprint density at radius 2 is 1.83 bits per heavy atom. The molecule has 0 saturated heterocycles. The van der Waals surface area contributed by atoms with Gasteiger partial charge in [-0.05, 0) is 36.0 Å². The van der Waals surface area contributed by atoms with E-state index in [1.54, 1.807) is 0 Å². The van der Waals surface area contributed by atoms with Crippen molar-refractivity contribution in [3.8, 4) is 0 Å². The van der Waals surface area contributed by atoms with Gasteiger partial charge in [0.05, 0.1) is 0 Å². The van der Waals surface area contributed by atoms with Crippen LogP contribution >= 0.6 is 15.9 Å². The van der Waals surface area contributed by atoms with Gasteiger partial charge in [-0.1, -0.05) is 43.6 Å². The molecule has 0 bridgehead atoms. The van der Waals surface area contributed by atoms with Crippen molar-refractivity contribution in [1.82, 2.24) is 0 Å². The van der Waals surface area contributed by atoms with Crippen LogP contribution in [-0.2, 0) is 0 Å². The molecule has 72 valence electrons. The third kappa shape index (κ3) is 1.71. The van der Waals surface area contributed by atoms with Gasteiger partial charge in [-0.15, -0.1) is 0 Å². The molecule has 0 spiro atoms. The first-order chi connectivity index (χ1) is 5.52. The van der Waals surface area contributed by atoms with Crippen LogP contribution in [0.1, 0.15) is 40.5 Å². The highest BCUT2D eigenvalue weighted by Gasteiger charge is 2.45. The van der Waals surface area contributed by atoms with Crippen LogP contribution < -0.4 is 0 Å². The molecule has 1 aliphatic rings. The van der Waals surface area contributed by atoms with Crippen molar-refractivity contribution in [2.75, 3.05) is 5.33 Å². The first kappa shape index (κ1) is 10.6. The van der Waals surface area contributed by atoms with Gasteiger partial charge in [0.1, 0.15) is 0 Å². The van der Waals surface area contributed by atoms with Crippen molar-refractivity contribution in [3.05, 3.63) is 0 Å². The molecule has 12 heavy (non-hydrogen) atoms. The van der Waals surface area contributed by atoms with Gasteiger partial charge in [-0.3, -0.25) is 0 Å². The molecule has 1 aliphatic carbocycles. The van der Waals surface area contributed by atoms with Crippen LogP contribution in [0.15, 0.2) is 0 Å². The van der Waals surface area contributed by atoms with Crippen LogP contribution in [0.3, 0.4) is 0 Å². The standard InChI is InChI=1S/C11H21Br/c1-8(2)10(4)11(7-12)5-9(3)6-11/h8-10H,5-7H2,1-4H3. The molecule has 1 saturated carbocycles. The summed E-state index contributed by atoms with van der Waals surface area (Å²) in [7, 11) is 0. The molecule has 1 atom stereocenters. The summed E-state index contributed by atoms with van der Waals surface area (Å²) in [6, 6.07) is 0. The maximum atomic E-state index is 3.68. The van der Waals surface area contributed by atoms with Crippen molar-refractivity contribution in [1.29, 1.82) is 0 Å². The van der Waals surface area contributed by atoms with Crippen LogP contribution in [0.5, 0.6) is 0 Å². The van der Waals surface area contributed by atoms with E-state index in [0.717, 1.165) is 17.8 Å². The minimum atomic E-state index is 0.633. The Balaban J connectivity index is 2.57. The van der Waals surface area contributed by atoms with Crippen LogP contribution in [0, 0.1) is 23.2 Å². The Bertz CT molecular complexity index is 145. The zero-order valence-electron chi connectivity index (χ0n) is 8.73. The monoisotopic (exact) mass is 232 g/mol. The summed E-state index contributed by atoms with van der Waals surface area (Å²) in [6.45, 7) is 9.47. The second-order valence-corrected chi connectivity index (χ2v) is 5.60. The quantitative estimate of drug-likeness (QED) is 0.644. The maximum Gasteiger partial charge on any atom is 0.00908 e. The minimum Gasteiger partial charge on any atom is -0.0922 e. The van der Waals surface area contributed by atoms with Gasteiger partial charge in [0, 0.05) is 5.33 Å². The fourth-order valence-electron chi connectivity index (χ4n) is 2.64. The van der Waals surface area contributed by atoms with Crippen LogP contribution in [0.2, 0.25) is 0 Å². The highest BCUT2D eigenvalue weighted by molar-refractivity contribution is 9.09. The summed E-state index contributed by atoms with van der Waals surface area (Å²) in [5.41, 5.74) is 0.633. The Labute approximate surface area is 85.3 Å². The summed E-state index contributed by atoms with van der Waals surface area (Å²) < 4.78 is 0. The molecule has 0 N–H and O–H groups in total. The Kier molecular flexibility index (Phi) is 3.25. The van der Waals surface area contributed by atoms with E-state index >= 15 is 0 Å². The number of hydrogen-bond donors (Lipinski definition) is 0. The van der Waals surface area contributed by atoms with E-state index < -0.39 is 0 Å². The lowest BCUT2D eigenvalue weighted by molar-refractivity contribution is 0.0119. The Morgan fingerprint density at radius 3 is 2.08 bits per heavy atom. The van der Waals surface area contributed by atoms with Crippen LogP contribution in [0.25, 0.3) is 0 Å².